The summed E-state index contributed by atoms with van der Waals surface area (Å²) in [5.74, 6) is -24.1. The number of rotatable bonds is 6. The van der Waals surface area contributed by atoms with E-state index < -0.39 is 103 Å². The molecular weight excluding hydrogens is 671 g/mol. The van der Waals surface area contributed by atoms with Gasteiger partial charge in [-0.2, -0.15) is 0 Å². The molecule has 1 atom stereocenters. The first kappa shape index (κ1) is 31.0. The molecule has 0 saturated carbocycles. The average Bonchev–Trinajstić information content (AvgIpc) is 3.59. The fourth-order valence-electron chi connectivity index (χ4n) is 5.89. The Morgan fingerprint density at radius 1 is 0.690 bits per heavy atom. The van der Waals surface area contributed by atoms with E-state index in [2.05, 4.69) is 0 Å². The normalized spacial score (nSPS) is 16.0. The summed E-state index contributed by atoms with van der Waals surface area (Å²) in [5, 5.41) is 0. The summed E-state index contributed by atoms with van der Waals surface area (Å²) in [6.45, 7) is 5.66. The van der Waals surface area contributed by atoms with E-state index in [1.165, 1.54) is 6.08 Å². The number of hydrogen-bond donors (Lipinski definition) is 0. The van der Waals surface area contributed by atoms with E-state index in [-0.39, 0.29) is 12.1 Å². The first-order valence-corrected chi connectivity index (χ1v) is 18.7. The van der Waals surface area contributed by atoms with Crippen LogP contribution in [-0.2, 0) is 21.5 Å². The van der Waals surface area contributed by atoms with Crippen LogP contribution in [0.15, 0.2) is 51.3 Å². The maximum absolute atomic E-state index is 15.6. The molecule has 42 heavy (non-hydrogen) atoms. The molecule has 0 fully saturated rings. The number of fused-ring (bicyclic) bond motifs is 1. The van der Waals surface area contributed by atoms with Gasteiger partial charge in [-0.25, -0.2) is 0 Å². The SMILES string of the molecule is CC1=[C]([Zr]([B](c2c(F)c(F)c(F)c(F)c2F)c2c(F)c(F)c(F)c(F)c2F)[C]2=CC=CC2)c2ccccc2C1P(C)C. The molecule has 0 nitrogen and oxygen atoms in total. The van der Waals surface area contributed by atoms with Gasteiger partial charge in [-0.05, 0) is 0 Å². The molecular formula is C29H19BF10PZr. The molecule has 2 aliphatic rings. The van der Waals surface area contributed by atoms with E-state index in [1.807, 2.05) is 19.4 Å². The third-order valence-electron chi connectivity index (χ3n) is 7.59. The van der Waals surface area contributed by atoms with Crippen molar-refractivity contribution in [3.8, 4) is 0 Å². The van der Waals surface area contributed by atoms with Crippen molar-refractivity contribution < 1.29 is 65.4 Å². The Hall–Kier alpha value is -2.44. The van der Waals surface area contributed by atoms with Gasteiger partial charge in [0.05, 0.1) is 0 Å². The van der Waals surface area contributed by atoms with E-state index >= 15 is 17.6 Å². The summed E-state index contributed by atoms with van der Waals surface area (Å²) in [7, 11) is -0.770. The van der Waals surface area contributed by atoms with Crippen LogP contribution in [0.25, 0.3) is 3.28 Å². The molecule has 5 rings (SSSR count). The van der Waals surface area contributed by atoms with Crippen molar-refractivity contribution in [2.45, 2.75) is 19.0 Å². The van der Waals surface area contributed by atoms with E-state index in [0.717, 1.165) is 5.56 Å². The molecule has 0 aliphatic heterocycles. The van der Waals surface area contributed by atoms with Crippen LogP contribution in [0.4, 0.5) is 43.9 Å². The summed E-state index contributed by atoms with van der Waals surface area (Å²) < 4.78 is 148. The molecule has 217 valence electrons. The summed E-state index contributed by atoms with van der Waals surface area (Å²) in [6, 6.07) is 6.92. The Balaban J connectivity index is 1.98. The molecule has 13 heteroatoms. The quantitative estimate of drug-likeness (QED) is 0.0813. The van der Waals surface area contributed by atoms with E-state index in [4.69, 9.17) is 0 Å². The minimum atomic E-state index is -4.56. The van der Waals surface area contributed by atoms with Crippen molar-refractivity contribution in [3.63, 3.8) is 0 Å². The van der Waals surface area contributed by atoms with Crippen molar-refractivity contribution in [3.05, 3.63) is 121 Å². The second-order valence-corrected chi connectivity index (χ2v) is 18.9. The molecule has 1 unspecified atom stereocenters. The van der Waals surface area contributed by atoms with Crippen LogP contribution in [0.5, 0.6) is 0 Å². The standard InChI is InChI=1S/C12BF10.C12H14P.C5H5.Zr/c14-3-1(4(15)8(19)11(22)7(3)18)13-2-5(16)9(20)12(23)10(21)6(2)17;1-9-8-10-6-4-5-7-11(10)12(9)13(2)3;1-2-4-5-3-1;/h;4-7,12H,1-3H3;1-3H,4H2;/q+1;;;-1. The monoisotopic (exact) mass is 689 g/mol. The molecule has 0 aromatic heterocycles. The van der Waals surface area contributed by atoms with E-state index in [1.54, 1.807) is 37.3 Å². The van der Waals surface area contributed by atoms with Gasteiger partial charge in [-0.15, -0.1) is 0 Å². The number of hydrogen-bond acceptors (Lipinski definition) is 0. The van der Waals surface area contributed by atoms with Crippen molar-refractivity contribution in [1.82, 2.24) is 0 Å². The fraction of sp³-hybridized carbons (Fsp3) is 0.172. The predicted molar refractivity (Wildman–Crippen MR) is 140 cm³/mol. The summed E-state index contributed by atoms with van der Waals surface area (Å²) in [4.78, 5) is 0. The Morgan fingerprint density at radius 2 is 1.14 bits per heavy atom. The van der Waals surface area contributed by atoms with Gasteiger partial charge in [0.1, 0.15) is 0 Å². The molecule has 0 amide bonds. The first-order valence-electron chi connectivity index (χ1n) is 12.5. The third-order valence-corrected chi connectivity index (χ3v) is 17.7. The fourth-order valence-corrected chi connectivity index (χ4v) is 17.1. The molecule has 0 N–H and O–H groups in total. The second-order valence-electron chi connectivity index (χ2n) is 10.1. The van der Waals surface area contributed by atoms with Crippen LogP contribution in [-0.4, -0.2) is 17.6 Å². The minimum absolute atomic E-state index is 0.104. The van der Waals surface area contributed by atoms with Crippen LogP contribution in [0, 0.1) is 58.2 Å². The molecule has 3 aromatic rings. The van der Waals surface area contributed by atoms with E-state index in [0.29, 0.717) is 17.7 Å². The maximum atomic E-state index is 15.6. The van der Waals surface area contributed by atoms with Gasteiger partial charge < -0.3 is 0 Å². The summed E-state index contributed by atoms with van der Waals surface area (Å²) in [5.41, 5.74) is -1.41. The zero-order valence-electron chi connectivity index (χ0n) is 22.1. The Kier molecular flexibility index (Phi) is 8.54. The Bertz CT molecular complexity index is 1600. The molecule has 2 aliphatic carbocycles. The van der Waals surface area contributed by atoms with Crippen LogP contribution in [0.3, 0.4) is 0 Å². The van der Waals surface area contributed by atoms with Gasteiger partial charge in [0.15, 0.2) is 0 Å². The second kappa shape index (κ2) is 11.6. The Labute approximate surface area is 244 Å². The summed E-state index contributed by atoms with van der Waals surface area (Å²) in [6.07, 6.45) is 4.82. The molecule has 0 spiro atoms. The van der Waals surface area contributed by atoms with E-state index in [9.17, 15) is 26.3 Å². The van der Waals surface area contributed by atoms with Gasteiger partial charge in [0, 0.05) is 0 Å². The van der Waals surface area contributed by atoms with Crippen LogP contribution >= 0.6 is 7.92 Å². The zero-order valence-corrected chi connectivity index (χ0v) is 25.5. The predicted octanol–water partition coefficient (Wildman–Crippen LogP) is 7.87. The van der Waals surface area contributed by atoms with Crippen molar-refractivity contribution >= 4 is 26.4 Å². The van der Waals surface area contributed by atoms with Gasteiger partial charge in [0.25, 0.3) is 0 Å². The van der Waals surface area contributed by atoms with Gasteiger partial charge in [-0.1, -0.05) is 0 Å². The topological polar surface area (TPSA) is 0 Å². The molecule has 0 bridgehead atoms. The Morgan fingerprint density at radius 3 is 1.57 bits per heavy atom. The van der Waals surface area contributed by atoms with Crippen LogP contribution in [0.2, 0.25) is 0 Å². The molecule has 0 heterocycles. The van der Waals surface area contributed by atoms with Crippen molar-refractivity contribution in [2.24, 2.45) is 0 Å². The average molecular weight is 690 g/mol. The first-order chi connectivity index (χ1) is 19.8. The number of allylic oxidation sites excluding steroid dienone is 5. The van der Waals surface area contributed by atoms with Gasteiger partial charge in [0.2, 0.25) is 0 Å². The molecule has 3 aromatic carbocycles. The molecule has 0 saturated heterocycles. The summed E-state index contributed by atoms with van der Waals surface area (Å²) >= 11 is -4.56. The van der Waals surface area contributed by atoms with Crippen LogP contribution in [0.1, 0.15) is 30.1 Å². The number of benzene rings is 3. The molecule has 0 radical (unpaired) electrons. The zero-order chi connectivity index (χ0) is 30.8. The van der Waals surface area contributed by atoms with Crippen LogP contribution < -0.4 is 10.9 Å². The van der Waals surface area contributed by atoms with Crippen molar-refractivity contribution in [2.75, 3.05) is 13.3 Å². The van der Waals surface area contributed by atoms with Gasteiger partial charge in [-0.3, -0.25) is 0 Å². The van der Waals surface area contributed by atoms with Crippen molar-refractivity contribution in [1.29, 1.82) is 0 Å². The third kappa shape index (κ3) is 4.68. The van der Waals surface area contributed by atoms with Gasteiger partial charge >= 0.3 is 245 Å². The number of halogens is 10.